The maximum Gasteiger partial charge on any atom is 0.271 e. The van der Waals surface area contributed by atoms with Gasteiger partial charge >= 0.3 is 0 Å². The van der Waals surface area contributed by atoms with E-state index in [0.29, 0.717) is 16.9 Å². The van der Waals surface area contributed by atoms with Crippen LogP contribution in [0.1, 0.15) is 11.5 Å². The Bertz CT molecular complexity index is 1030. The lowest BCUT2D eigenvalue weighted by atomic mass is 10.2. The number of nitrogens with one attached hydrogen (secondary N) is 2. The zero-order valence-corrected chi connectivity index (χ0v) is 12.0. The number of non-ortho nitro benzene ring substituents is 1. The highest BCUT2D eigenvalue weighted by Gasteiger charge is 2.08. The maximum absolute atomic E-state index is 10.8. The van der Waals surface area contributed by atoms with Gasteiger partial charge in [0, 0.05) is 23.3 Å². The molecule has 6 heteroatoms. The van der Waals surface area contributed by atoms with Crippen molar-refractivity contribution in [3.63, 3.8) is 0 Å². The minimum Gasteiger partial charge on any atom is -0.355 e. The second kappa shape index (κ2) is 5.10. The summed E-state index contributed by atoms with van der Waals surface area (Å²) in [5.41, 5.74) is 3.44. The van der Waals surface area contributed by atoms with Crippen LogP contribution in [0, 0.1) is 10.1 Å². The fraction of sp³-hybridized carbons (Fsp3) is 0. The van der Waals surface area contributed by atoms with E-state index in [-0.39, 0.29) is 5.69 Å². The zero-order valence-electron chi connectivity index (χ0n) is 12.0. The predicted octanol–water partition coefficient (Wildman–Crippen LogP) is 4.12. The quantitative estimate of drug-likeness (QED) is 0.441. The first-order valence-corrected chi connectivity index (χ1v) is 7.09. The molecule has 6 nitrogen and oxygen atoms in total. The Morgan fingerprint density at radius 1 is 1.00 bits per heavy atom. The summed E-state index contributed by atoms with van der Waals surface area (Å²) in [5.74, 6) is 0.652. The van der Waals surface area contributed by atoms with E-state index in [1.165, 1.54) is 12.1 Å². The van der Waals surface area contributed by atoms with Gasteiger partial charge in [-0.25, -0.2) is 4.98 Å². The van der Waals surface area contributed by atoms with E-state index < -0.39 is 4.92 Å². The van der Waals surface area contributed by atoms with Crippen molar-refractivity contribution in [2.75, 3.05) is 0 Å². The highest BCUT2D eigenvalue weighted by Crippen LogP contribution is 2.20. The van der Waals surface area contributed by atoms with Crippen LogP contribution in [0.3, 0.4) is 0 Å². The summed E-state index contributed by atoms with van der Waals surface area (Å²) in [6.45, 7) is 0. The summed E-state index contributed by atoms with van der Waals surface area (Å²) in [5, 5.41) is 11.9. The Labute approximate surface area is 130 Å². The Morgan fingerprint density at radius 2 is 1.87 bits per heavy atom. The van der Waals surface area contributed by atoms with Gasteiger partial charge in [0.05, 0.1) is 16.0 Å². The lowest BCUT2D eigenvalue weighted by Crippen LogP contribution is -1.86. The number of hydrogen-bond acceptors (Lipinski definition) is 3. The molecule has 0 saturated heterocycles. The Morgan fingerprint density at radius 3 is 2.70 bits per heavy atom. The molecule has 2 aromatic heterocycles. The normalized spacial score (nSPS) is 11.7. The minimum atomic E-state index is -0.416. The fourth-order valence-electron chi connectivity index (χ4n) is 2.56. The van der Waals surface area contributed by atoms with Gasteiger partial charge in [-0.2, -0.15) is 0 Å². The Kier molecular flexibility index (Phi) is 2.94. The molecule has 4 rings (SSSR count). The number of rotatable bonds is 3. The SMILES string of the molecule is O=[N+]([O-])c1ccc2nc(/C=C/c3cc4ccccc4[nH]3)[nH]c2c1. The van der Waals surface area contributed by atoms with Crippen molar-refractivity contribution < 1.29 is 4.92 Å². The van der Waals surface area contributed by atoms with Gasteiger partial charge in [-0.15, -0.1) is 0 Å². The zero-order chi connectivity index (χ0) is 15.8. The van der Waals surface area contributed by atoms with Gasteiger partial charge in [-0.05, 0) is 35.7 Å². The van der Waals surface area contributed by atoms with Crippen molar-refractivity contribution in [3.8, 4) is 0 Å². The summed E-state index contributed by atoms with van der Waals surface area (Å²) < 4.78 is 0. The van der Waals surface area contributed by atoms with E-state index in [9.17, 15) is 10.1 Å². The molecule has 23 heavy (non-hydrogen) atoms. The Hall–Kier alpha value is -3.41. The van der Waals surface area contributed by atoms with E-state index in [1.807, 2.05) is 36.4 Å². The molecule has 0 bridgehead atoms. The molecule has 4 aromatic rings. The number of aromatic nitrogens is 3. The third kappa shape index (κ3) is 2.46. The smallest absolute Gasteiger partial charge is 0.271 e. The molecule has 0 aliphatic heterocycles. The molecule has 0 aliphatic rings. The number of fused-ring (bicyclic) bond motifs is 2. The molecule has 0 unspecified atom stereocenters. The molecule has 0 atom stereocenters. The highest BCUT2D eigenvalue weighted by molar-refractivity contribution is 5.85. The lowest BCUT2D eigenvalue weighted by Gasteiger charge is -1.89. The number of H-pyrrole nitrogens is 2. The van der Waals surface area contributed by atoms with Crippen LogP contribution in [-0.2, 0) is 0 Å². The van der Waals surface area contributed by atoms with Crippen molar-refractivity contribution in [1.82, 2.24) is 15.0 Å². The second-order valence-electron chi connectivity index (χ2n) is 5.23. The molecule has 0 aliphatic carbocycles. The maximum atomic E-state index is 10.8. The van der Waals surface area contributed by atoms with E-state index in [0.717, 1.165) is 16.6 Å². The average Bonchev–Trinajstić information content (AvgIpc) is 3.14. The molecule has 2 heterocycles. The highest BCUT2D eigenvalue weighted by atomic mass is 16.6. The summed E-state index contributed by atoms with van der Waals surface area (Å²) in [6.07, 6.45) is 3.77. The minimum absolute atomic E-state index is 0.0484. The lowest BCUT2D eigenvalue weighted by molar-refractivity contribution is -0.384. The van der Waals surface area contributed by atoms with Crippen molar-refractivity contribution in [2.45, 2.75) is 0 Å². The summed E-state index contributed by atoms with van der Waals surface area (Å²) >= 11 is 0. The Balaban J connectivity index is 1.67. The number of benzene rings is 2. The van der Waals surface area contributed by atoms with Crippen molar-refractivity contribution in [3.05, 3.63) is 70.2 Å². The van der Waals surface area contributed by atoms with Crippen LogP contribution in [0.2, 0.25) is 0 Å². The topological polar surface area (TPSA) is 87.6 Å². The van der Waals surface area contributed by atoms with Crippen LogP contribution < -0.4 is 0 Å². The number of aromatic amines is 2. The third-order valence-electron chi connectivity index (χ3n) is 3.67. The molecular weight excluding hydrogens is 292 g/mol. The van der Waals surface area contributed by atoms with E-state index in [4.69, 9.17) is 0 Å². The van der Waals surface area contributed by atoms with Crippen molar-refractivity contribution >= 4 is 39.8 Å². The first-order chi connectivity index (χ1) is 11.2. The van der Waals surface area contributed by atoms with Gasteiger partial charge in [0.15, 0.2) is 0 Å². The standard InChI is InChI=1S/C17H12N4O2/c22-21(23)13-6-7-15-16(10-13)20-17(19-15)8-5-12-9-11-3-1-2-4-14(11)18-12/h1-10,18H,(H,19,20)/b8-5+. The molecule has 2 N–H and O–H groups in total. The molecular formula is C17H12N4O2. The summed E-state index contributed by atoms with van der Waals surface area (Å²) in [4.78, 5) is 21.2. The van der Waals surface area contributed by atoms with Crippen LogP contribution in [0.4, 0.5) is 5.69 Å². The first-order valence-electron chi connectivity index (χ1n) is 7.09. The molecule has 0 spiro atoms. The number of nitro benzene ring substituents is 1. The molecule has 0 radical (unpaired) electrons. The molecule has 0 saturated carbocycles. The summed E-state index contributed by atoms with van der Waals surface area (Å²) in [6, 6.07) is 14.7. The van der Waals surface area contributed by atoms with Gasteiger partial charge in [0.1, 0.15) is 5.82 Å². The van der Waals surface area contributed by atoms with Gasteiger partial charge < -0.3 is 9.97 Å². The molecule has 0 amide bonds. The van der Waals surface area contributed by atoms with Gasteiger partial charge in [-0.1, -0.05) is 18.2 Å². The third-order valence-corrected chi connectivity index (χ3v) is 3.67. The van der Waals surface area contributed by atoms with Crippen molar-refractivity contribution in [1.29, 1.82) is 0 Å². The predicted molar refractivity (Wildman–Crippen MR) is 90.0 cm³/mol. The number of nitrogens with zero attached hydrogens (tertiary/aromatic N) is 2. The number of imidazole rings is 1. The average molecular weight is 304 g/mol. The number of hydrogen-bond donors (Lipinski definition) is 2. The van der Waals surface area contributed by atoms with E-state index in [1.54, 1.807) is 6.07 Å². The van der Waals surface area contributed by atoms with Crippen LogP contribution in [0.25, 0.3) is 34.1 Å². The number of nitro groups is 1. The molecule has 112 valence electrons. The molecule has 0 fully saturated rings. The number of para-hydroxylation sites is 1. The van der Waals surface area contributed by atoms with Gasteiger partial charge in [0.2, 0.25) is 0 Å². The van der Waals surface area contributed by atoms with Crippen LogP contribution >= 0.6 is 0 Å². The monoisotopic (exact) mass is 304 g/mol. The van der Waals surface area contributed by atoms with Gasteiger partial charge in [-0.3, -0.25) is 10.1 Å². The first kappa shape index (κ1) is 13.3. The van der Waals surface area contributed by atoms with Crippen LogP contribution in [0.5, 0.6) is 0 Å². The largest absolute Gasteiger partial charge is 0.355 e. The van der Waals surface area contributed by atoms with Crippen LogP contribution in [-0.4, -0.2) is 19.9 Å². The summed E-state index contributed by atoms with van der Waals surface area (Å²) in [7, 11) is 0. The van der Waals surface area contributed by atoms with E-state index >= 15 is 0 Å². The van der Waals surface area contributed by atoms with Gasteiger partial charge in [0.25, 0.3) is 5.69 Å². The molecule has 2 aromatic carbocycles. The van der Waals surface area contributed by atoms with Crippen LogP contribution in [0.15, 0.2) is 48.5 Å². The van der Waals surface area contributed by atoms with Crippen molar-refractivity contribution in [2.24, 2.45) is 0 Å². The van der Waals surface area contributed by atoms with E-state index in [2.05, 4.69) is 21.0 Å². The fourth-order valence-corrected chi connectivity index (χ4v) is 2.56. The second-order valence-corrected chi connectivity index (χ2v) is 5.23.